The van der Waals surface area contributed by atoms with Crippen molar-refractivity contribution in [2.24, 2.45) is 5.41 Å². The number of nitrogens with zero attached hydrogens (tertiary/aromatic N) is 1. The Hall–Kier alpha value is 0.230. The summed E-state index contributed by atoms with van der Waals surface area (Å²) in [6.07, 6.45) is 1.93. The highest BCUT2D eigenvalue weighted by atomic mass is 79.9. The maximum atomic E-state index is 11.9. The lowest BCUT2D eigenvalue weighted by atomic mass is 9.94. The molecule has 0 radical (unpaired) electrons. The Morgan fingerprint density at radius 1 is 1.24 bits per heavy atom. The van der Waals surface area contributed by atoms with Gasteiger partial charge in [0.2, 0.25) is 0 Å². The normalized spacial score (nSPS) is 31.5. The Morgan fingerprint density at radius 2 is 1.71 bits per heavy atom. The predicted molar refractivity (Wildman–Crippen MR) is 74.9 cm³/mol. The van der Waals surface area contributed by atoms with Crippen LogP contribution in [-0.2, 0) is 4.74 Å². The second-order valence-electron chi connectivity index (χ2n) is 6.00. The van der Waals surface area contributed by atoms with E-state index in [1.807, 2.05) is 25.7 Å². The smallest absolute Gasteiger partial charge is 0.410 e. The maximum Gasteiger partial charge on any atom is 0.410 e. The van der Waals surface area contributed by atoms with Crippen molar-refractivity contribution in [3.63, 3.8) is 0 Å². The lowest BCUT2D eigenvalue weighted by Crippen LogP contribution is -2.42. The maximum absolute atomic E-state index is 11.9. The molecular weight excluding hydrogens is 350 g/mol. The number of halogens is 2. The summed E-state index contributed by atoms with van der Waals surface area (Å²) in [5, 5.41) is 0. The summed E-state index contributed by atoms with van der Waals surface area (Å²) in [4.78, 5) is 14.8. The summed E-state index contributed by atoms with van der Waals surface area (Å²) in [6.45, 7) is 7.32. The molecule has 2 fully saturated rings. The molecule has 2 unspecified atom stereocenters. The third kappa shape index (κ3) is 2.65. The van der Waals surface area contributed by atoms with Crippen LogP contribution in [-0.4, -0.2) is 39.3 Å². The summed E-state index contributed by atoms with van der Waals surface area (Å²) in [7, 11) is 0. The Balaban J connectivity index is 1.86. The van der Waals surface area contributed by atoms with Crippen molar-refractivity contribution in [1.29, 1.82) is 0 Å². The van der Waals surface area contributed by atoms with Gasteiger partial charge in [0.1, 0.15) is 5.60 Å². The van der Waals surface area contributed by atoms with Gasteiger partial charge in [-0.1, -0.05) is 31.9 Å². The van der Waals surface area contributed by atoms with Crippen molar-refractivity contribution in [1.82, 2.24) is 4.90 Å². The van der Waals surface area contributed by atoms with Crippen LogP contribution in [0.1, 0.15) is 33.6 Å². The molecule has 1 heterocycles. The van der Waals surface area contributed by atoms with Crippen molar-refractivity contribution in [3.8, 4) is 0 Å². The van der Waals surface area contributed by atoms with Crippen LogP contribution >= 0.6 is 31.9 Å². The molecule has 1 aliphatic carbocycles. The molecular formula is C12H19Br2NO2. The summed E-state index contributed by atoms with van der Waals surface area (Å²) in [5.74, 6) is 0. The molecule has 17 heavy (non-hydrogen) atoms. The second-order valence-corrected chi connectivity index (χ2v) is 7.98. The molecule has 1 saturated heterocycles. The van der Waals surface area contributed by atoms with Crippen LogP contribution in [0.25, 0.3) is 0 Å². The van der Waals surface area contributed by atoms with Gasteiger partial charge in [-0.25, -0.2) is 4.79 Å². The standard InChI is InChI=1S/C12H19Br2NO2/c1-11(2,3)17-10(16)15-6-4-12(5-7-15)8(13)9(12)14/h8-9H,4-7H2,1-3H3. The van der Waals surface area contributed by atoms with Gasteiger partial charge in [-0.15, -0.1) is 0 Å². The number of piperidine rings is 1. The number of carbonyl (C=O) groups excluding carboxylic acids is 1. The lowest BCUT2D eigenvalue weighted by molar-refractivity contribution is 0.0175. The first-order chi connectivity index (χ1) is 7.76. The monoisotopic (exact) mass is 367 g/mol. The van der Waals surface area contributed by atoms with Gasteiger partial charge in [-0.3, -0.25) is 0 Å². The largest absolute Gasteiger partial charge is 0.444 e. The third-order valence-electron chi connectivity index (χ3n) is 3.59. The van der Waals surface area contributed by atoms with Crippen molar-refractivity contribution >= 4 is 38.0 Å². The average molecular weight is 369 g/mol. The Morgan fingerprint density at radius 3 is 2.06 bits per heavy atom. The molecule has 0 bridgehead atoms. The lowest BCUT2D eigenvalue weighted by Gasteiger charge is -2.34. The van der Waals surface area contributed by atoms with E-state index in [2.05, 4.69) is 31.9 Å². The van der Waals surface area contributed by atoms with E-state index in [0.29, 0.717) is 15.1 Å². The molecule has 3 nitrogen and oxygen atoms in total. The minimum Gasteiger partial charge on any atom is -0.444 e. The van der Waals surface area contributed by atoms with E-state index in [9.17, 15) is 4.79 Å². The number of hydrogen-bond acceptors (Lipinski definition) is 2. The van der Waals surface area contributed by atoms with Gasteiger partial charge in [0.05, 0.1) is 0 Å². The first kappa shape index (κ1) is 13.7. The van der Waals surface area contributed by atoms with E-state index in [0.717, 1.165) is 25.9 Å². The van der Waals surface area contributed by atoms with Gasteiger partial charge in [-0.05, 0) is 33.6 Å². The first-order valence-electron chi connectivity index (χ1n) is 6.02. The van der Waals surface area contributed by atoms with Gasteiger partial charge >= 0.3 is 6.09 Å². The fraction of sp³-hybridized carbons (Fsp3) is 0.917. The quantitative estimate of drug-likeness (QED) is 0.612. The highest BCUT2D eigenvalue weighted by Crippen LogP contribution is 2.62. The van der Waals surface area contributed by atoms with E-state index in [4.69, 9.17) is 4.74 Å². The van der Waals surface area contributed by atoms with E-state index >= 15 is 0 Å². The highest BCUT2D eigenvalue weighted by Gasteiger charge is 2.62. The SMILES string of the molecule is CC(C)(C)OC(=O)N1CCC2(CC1)C(Br)C2Br. The Labute approximate surface area is 120 Å². The number of alkyl halides is 2. The van der Waals surface area contributed by atoms with E-state index in [1.165, 1.54) is 0 Å². The Kier molecular flexibility index (Phi) is 3.54. The summed E-state index contributed by atoms with van der Waals surface area (Å²) in [5.41, 5.74) is -0.0276. The van der Waals surface area contributed by atoms with Crippen LogP contribution in [0.3, 0.4) is 0 Å². The topological polar surface area (TPSA) is 29.5 Å². The van der Waals surface area contributed by atoms with E-state index in [1.54, 1.807) is 0 Å². The van der Waals surface area contributed by atoms with Gasteiger partial charge in [0, 0.05) is 28.2 Å². The van der Waals surface area contributed by atoms with E-state index < -0.39 is 5.60 Å². The van der Waals surface area contributed by atoms with E-state index in [-0.39, 0.29) is 6.09 Å². The zero-order chi connectivity index (χ0) is 12.8. The number of carbonyl (C=O) groups is 1. The highest BCUT2D eigenvalue weighted by molar-refractivity contribution is 9.13. The molecule has 2 atom stereocenters. The van der Waals surface area contributed by atoms with Gasteiger partial charge in [-0.2, -0.15) is 0 Å². The molecule has 0 aromatic heterocycles. The van der Waals surface area contributed by atoms with Crippen LogP contribution in [0.4, 0.5) is 4.79 Å². The van der Waals surface area contributed by atoms with Crippen molar-refractivity contribution in [2.75, 3.05) is 13.1 Å². The first-order valence-corrected chi connectivity index (χ1v) is 7.85. The number of ether oxygens (including phenoxy) is 1. The van der Waals surface area contributed by atoms with Gasteiger partial charge < -0.3 is 9.64 Å². The fourth-order valence-corrected chi connectivity index (χ4v) is 4.96. The molecule has 1 aliphatic heterocycles. The Bertz CT molecular complexity index is 309. The van der Waals surface area contributed by atoms with Crippen LogP contribution in [0.2, 0.25) is 0 Å². The van der Waals surface area contributed by atoms with Crippen LogP contribution in [0.15, 0.2) is 0 Å². The molecule has 0 aromatic rings. The van der Waals surface area contributed by atoms with Crippen molar-refractivity contribution in [2.45, 2.75) is 48.9 Å². The predicted octanol–water partition coefficient (Wildman–Crippen LogP) is 3.54. The van der Waals surface area contributed by atoms with Gasteiger partial charge in [0.25, 0.3) is 0 Å². The summed E-state index contributed by atoms with van der Waals surface area (Å²) >= 11 is 7.38. The number of amides is 1. The molecule has 0 aromatic carbocycles. The van der Waals surface area contributed by atoms with Crippen molar-refractivity contribution < 1.29 is 9.53 Å². The summed E-state index contributed by atoms with van der Waals surface area (Å²) in [6, 6.07) is 0. The van der Waals surface area contributed by atoms with Crippen LogP contribution < -0.4 is 0 Å². The van der Waals surface area contributed by atoms with Crippen LogP contribution in [0, 0.1) is 5.41 Å². The number of rotatable bonds is 0. The van der Waals surface area contributed by atoms with Crippen molar-refractivity contribution in [3.05, 3.63) is 0 Å². The second kappa shape index (κ2) is 4.41. The zero-order valence-electron chi connectivity index (χ0n) is 10.5. The molecule has 1 saturated carbocycles. The van der Waals surface area contributed by atoms with Gasteiger partial charge in [0.15, 0.2) is 0 Å². The molecule has 98 valence electrons. The minimum atomic E-state index is -0.401. The zero-order valence-corrected chi connectivity index (χ0v) is 13.7. The molecule has 1 spiro atoms. The minimum absolute atomic E-state index is 0.176. The number of likely N-dealkylation sites (tertiary alicyclic amines) is 1. The number of hydrogen-bond donors (Lipinski definition) is 0. The summed E-state index contributed by atoms with van der Waals surface area (Å²) < 4.78 is 5.38. The molecule has 2 aliphatic rings. The third-order valence-corrected chi connectivity index (χ3v) is 7.18. The molecule has 5 heteroatoms. The molecule has 0 N–H and O–H groups in total. The molecule has 2 rings (SSSR count). The fourth-order valence-electron chi connectivity index (χ4n) is 2.38. The van der Waals surface area contributed by atoms with Crippen LogP contribution in [0.5, 0.6) is 0 Å². The molecule has 1 amide bonds. The average Bonchev–Trinajstić information content (AvgIpc) is 2.70.